The molecule has 1 atom stereocenters. The lowest BCUT2D eigenvalue weighted by molar-refractivity contribution is -0.113. The maximum absolute atomic E-state index is 10.7. The minimum atomic E-state index is -0.374. The Hall–Kier alpha value is -1.05. The standard InChI is InChI=1S/C14H25NO/c1-5-6-7-11(2)8-12(3)9-13(4)10-14(15)16/h9-11H,5-8H2,1-4H3,(H2,15,16). The number of hydrogen-bond acceptors (Lipinski definition) is 1. The Morgan fingerprint density at radius 3 is 2.44 bits per heavy atom. The van der Waals surface area contributed by atoms with Gasteiger partial charge in [-0.2, -0.15) is 0 Å². The second kappa shape index (κ2) is 8.14. The summed E-state index contributed by atoms with van der Waals surface area (Å²) in [4.78, 5) is 10.7. The molecule has 1 amide bonds. The lowest BCUT2D eigenvalue weighted by Gasteiger charge is -2.10. The molecule has 0 saturated carbocycles. The largest absolute Gasteiger partial charge is 0.366 e. The van der Waals surface area contributed by atoms with Gasteiger partial charge in [-0.1, -0.05) is 44.8 Å². The van der Waals surface area contributed by atoms with Crippen LogP contribution < -0.4 is 5.73 Å². The molecule has 0 aliphatic rings. The lowest BCUT2D eigenvalue weighted by Crippen LogP contribution is -2.06. The Balaban J connectivity index is 4.18. The monoisotopic (exact) mass is 223 g/mol. The number of nitrogens with two attached hydrogens (primary N) is 1. The highest BCUT2D eigenvalue weighted by Crippen LogP contribution is 2.18. The summed E-state index contributed by atoms with van der Waals surface area (Å²) in [7, 11) is 0. The van der Waals surface area contributed by atoms with E-state index in [1.54, 1.807) is 0 Å². The van der Waals surface area contributed by atoms with Crippen LogP contribution in [0.15, 0.2) is 23.3 Å². The van der Waals surface area contributed by atoms with Crippen LogP contribution >= 0.6 is 0 Å². The van der Waals surface area contributed by atoms with E-state index >= 15 is 0 Å². The quantitative estimate of drug-likeness (QED) is 0.520. The Labute approximate surface area is 99.6 Å². The summed E-state index contributed by atoms with van der Waals surface area (Å²) in [5.41, 5.74) is 7.35. The van der Waals surface area contributed by atoms with Crippen LogP contribution in [-0.2, 0) is 4.79 Å². The first-order valence-electron chi connectivity index (χ1n) is 6.10. The molecular weight excluding hydrogens is 198 g/mol. The van der Waals surface area contributed by atoms with Gasteiger partial charge in [0, 0.05) is 6.08 Å². The van der Waals surface area contributed by atoms with Gasteiger partial charge in [-0.15, -0.1) is 0 Å². The van der Waals surface area contributed by atoms with Gasteiger partial charge in [0.2, 0.25) is 5.91 Å². The van der Waals surface area contributed by atoms with Gasteiger partial charge in [0.05, 0.1) is 0 Å². The highest BCUT2D eigenvalue weighted by atomic mass is 16.1. The van der Waals surface area contributed by atoms with E-state index in [1.807, 2.05) is 13.0 Å². The van der Waals surface area contributed by atoms with Crippen LogP contribution in [0.2, 0.25) is 0 Å². The molecule has 0 aromatic carbocycles. The summed E-state index contributed by atoms with van der Waals surface area (Å²) < 4.78 is 0. The van der Waals surface area contributed by atoms with E-state index in [4.69, 9.17) is 5.73 Å². The maximum atomic E-state index is 10.7. The van der Waals surface area contributed by atoms with Crippen LogP contribution in [0.4, 0.5) is 0 Å². The van der Waals surface area contributed by atoms with Gasteiger partial charge in [-0.05, 0) is 31.8 Å². The first-order valence-corrected chi connectivity index (χ1v) is 6.10. The molecule has 0 aliphatic carbocycles. The number of hydrogen-bond donors (Lipinski definition) is 1. The summed E-state index contributed by atoms with van der Waals surface area (Å²) >= 11 is 0. The normalized spacial score (nSPS) is 15.0. The first-order chi connectivity index (χ1) is 7.45. The van der Waals surface area contributed by atoms with Crippen molar-refractivity contribution in [2.75, 3.05) is 0 Å². The third kappa shape index (κ3) is 8.27. The predicted octanol–water partition coefficient (Wildman–Crippen LogP) is 3.58. The van der Waals surface area contributed by atoms with Crippen molar-refractivity contribution in [3.63, 3.8) is 0 Å². The van der Waals surface area contributed by atoms with Crippen molar-refractivity contribution in [1.29, 1.82) is 0 Å². The molecule has 0 fully saturated rings. The number of carbonyl (C=O) groups excluding carboxylic acids is 1. The van der Waals surface area contributed by atoms with E-state index in [9.17, 15) is 4.79 Å². The maximum Gasteiger partial charge on any atom is 0.241 e. The second-order valence-corrected chi connectivity index (χ2v) is 4.73. The summed E-state index contributed by atoms with van der Waals surface area (Å²) in [5, 5.41) is 0. The number of unbranched alkanes of at least 4 members (excludes halogenated alkanes) is 1. The molecule has 2 heteroatoms. The molecule has 2 N–H and O–H groups in total. The SMILES string of the molecule is CCCCC(C)CC(C)=CC(C)=CC(N)=O. The smallest absolute Gasteiger partial charge is 0.241 e. The third-order valence-corrected chi connectivity index (χ3v) is 2.56. The summed E-state index contributed by atoms with van der Waals surface area (Å²) in [6.07, 6.45) is 8.45. The van der Waals surface area contributed by atoms with Crippen LogP contribution in [0.5, 0.6) is 0 Å². The number of amides is 1. The molecule has 0 aliphatic heterocycles. The van der Waals surface area contributed by atoms with Crippen LogP contribution in [0.1, 0.15) is 53.4 Å². The number of allylic oxidation sites excluding steroid dienone is 3. The number of carbonyl (C=O) groups is 1. The van der Waals surface area contributed by atoms with E-state index in [1.165, 1.54) is 30.9 Å². The highest BCUT2D eigenvalue weighted by molar-refractivity contribution is 5.86. The third-order valence-electron chi connectivity index (χ3n) is 2.56. The fourth-order valence-electron chi connectivity index (χ4n) is 1.92. The fourth-order valence-corrected chi connectivity index (χ4v) is 1.92. The van der Waals surface area contributed by atoms with E-state index in [0.29, 0.717) is 0 Å². The Morgan fingerprint density at radius 2 is 1.94 bits per heavy atom. The van der Waals surface area contributed by atoms with E-state index in [2.05, 4.69) is 20.8 Å². The van der Waals surface area contributed by atoms with Gasteiger partial charge >= 0.3 is 0 Å². The topological polar surface area (TPSA) is 43.1 Å². The number of primary amides is 1. The van der Waals surface area contributed by atoms with Gasteiger partial charge in [0.1, 0.15) is 0 Å². The van der Waals surface area contributed by atoms with Gasteiger partial charge in [0.15, 0.2) is 0 Å². The molecule has 0 aromatic rings. The van der Waals surface area contributed by atoms with Crippen molar-refractivity contribution in [2.45, 2.75) is 53.4 Å². The fraction of sp³-hybridized carbons (Fsp3) is 0.643. The van der Waals surface area contributed by atoms with Crippen molar-refractivity contribution < 1.29 is 4.79 Å². The molecule has 0 aromatic heterocycles. The molecule has 2 nitrogen and oxygen atoms in total. The minimum Gasteiger partial charge on any atom is -0.366 e. The molecule has 0 heterocycles. The van der Waals surface area contributed by atoms with Gasteiger partial charge in [-0.25, -0.2) is 0 Å². The Morgan fingerprint density at radius 1 is 1.31 bits per heavy atom. The predicted molar refractivity (Wildman–Crippen MR) is 70.0 cm³/mol. The summed E-state index contributed by atoms with van der Waals surface area (Å²) in [6.45, 7) is 8.51. The lowest BCUT2D eigenvalue weighted by atomic mass is 9.96. The van der Waals surface area contributed by atoms with Crippen LogP contribution in [0.3, 0.4) is 0 Å². The van der Waals surface area contributed by atoms with Crippen LogP contribution in [-0.4, -0.2) is 5.91 Å². The molecule has 16 heavy (non-hydrogen) atoms. The molecule has 0 rings (SSSR count). The van der Waals surface area contributed by atoms with Gasteiger partial charge in [0.25, 0.3) is 0 Å². The summed E-state index contributed by atoms with van der Waals surface area (Å²) in [6, 6.07) is 0. The van der Waals surface area contributed by atoms with Crippen molar-refractivity contribution in [3.8, 4) is 0 Å². The average Bonchev–Trinajstić information content (AvgIpc) is 2.12. The highest BCUT2D eigenvalue weighted by Gasteiger charge is 2.02. The van der Waals surface area contributed by atoms with Crippen molar-refractivity contribution in [1.82, 2.24) is 0 Å². The Bertz CT molecular complexity index is 276. The zero-order valence-corrected chi connectivity index (χ0v) is 11.0. The Kier molecular flexibility index (Phi) is 7.61. The molecule has 0 radical (unpaired) electrons. The zero-order chi connectivity index (χ0) is 12.6. The molecule has 0 saturated heterocycles. The van der Waals surface area contributed by atoms with E-state index in [0.717, 1.165) is 17.9 Å². The molecule has 0 bridgehead atoms. The number of rotatable bonds is 7. The van der Waals surface area contributed by atoms with Crippen LogP contribution in [0.25, 0.3) is 0 Å². The van der Waals surface area contributed by atoms with E-state index in [-0.39, 0.29) is 5.91 Å². The molecular formula is C14H25NO. The minimum absolute atomic E-state index is 0.374. The second-order valence-electron chi connectivity index (χ2n) is 4.73. The van der Waals surface area contributed by atoms with Crippen molar-refractivity contribution in [3.05, 3.63) is 23.3 Å². The van der Waals surface area contributed by atoms with Crippen molar-refractivity contribution >= 4 is 5.91 Å². The molecule has 0 spiro atoms. The average molecular weight is 223 g/mol. The van der Waals surface area contributed by atoms with Gasteiger partial charge in [-0.3, -0.25) is 4.79 Å². The van der Waals surface area contributed by atoms with E-state index < -0.39 is 0 Å². The first kappa shape index (κ1) is 14.9. The molecule has 1 unspecified atom stereocenters. The zero-order valence-electron chi connectivity index (χ0n) is 11.0. The van der Waals surface area contributed by atoms with Gasteiger partial charge < -0.3 is 5.73 Å². The van der Waals surface area contributed by atoms with Crippen molar-refractivity contribution in [2.24, 2.45) is 11.7 Å². The molecule has 92 valence electrons. The summed E-state index contributed by atoms with van der Waals surface area (Å²) in [5.74, 6) is 0.346. The van der Waals surface area contributed by atoms with Crippen LogP contribution in [0, 0.1) is 5.92 Å².